The van der Waals surface area contributed by atoms with Crippen molar-refractivity contribution in [2.75, 3.05) is 33.7 Å². The van der Waals surface area contributed by atoms with Gasteiger partial charge in [-0.2, -0.15) is 0 Å². The van der Waals surface area contributed by atoms with Crippen LogP contribution in [0.5, 0.6) is 0 Å². The Hall–Kier alpha value is -0.450. The van der Waals surface area contributed by atoms with Crippen molar-refractivity contribution in [1.29, 1.82) is 0 Å². The van der Waals surface area contributed by atoms with E-state index in [1.54, 1.807) is 6.07 Å². The summed E-state index contributed by atoms with van der Waals surface area (Å²) in [5.74, 6) is 0.564. The second-order valence-electron chi connectivity index (χ2n) is 5.33. The molecule has 4 heteroatoms. The summed E-state index contributed by atoms with van der Waals surface area (Å²) in [6.45, 7) is 4.24. The summed E-state index contributed by atoms with van der Waals surface area (Å²) in [6.07, 6.45) is 1.27. The molecule has 0 bridgehead atoms. The minimum atomic E-state index is -0.179. The highest BCUT2D eigenvalue weighted by molar-refractivity contribution is 9.10. The molecular formula is C14H20BrFN2. The zero-order chi connectivity index (χ0) is 13.1. The van der Waals surface area contributed by atoms with Crippen LogP contribution >= 0.6 is 15.9 Å². The van der Waals surface area contributed by atoms with Gasteiger partial charge in [0.1, 0.15) is 5.82 Å². The number of benzene rings is 1. The van der Waals surface area contributed by atoms with Gasteiger partial charge in [-0.05, 0) is 60.5 Å². The molecule has 2 rings (SSSR count). The van der Waals surface area contributed by atoms with Crippen molar-refractivity contribution in [2.45, 2.75) is 13.0 Å². The van der Waals surface area contributed by atoms with Crippen molar-refractivity contribution in [3.05, 3.63) is 34.1 Å². The summed E-state index contributed by atoms with van der Waals surface area (Å²) in [5.41, 5.74) is 1.02. The average molecular weight is 315 g/mol. The molecule has 2 nitrogen and oxygen atoms in total. The monoisotopic (exact) mass is 314 g/mol. The number of likely N-dealkylation sites (tertiary alicyclic amines) is 1. The molecule has 0 amide bonds. The summed E-state index contributed by atoms with van der Waals surface area (Å²) in [5, 5.41) is 0. The number of rotatable bonds is 4. The first kappa shape index (κ1) is 14.0. The van der Waals surface area contributed by atoms with Crippen molar-refractivity contribution >= 4 is 15.9 Å². The molecule has 0 radical (unpaired) electrons. The zero-order valence-corrected chi connectivity index (χ0v) is 12.6. The first-order valence-electron chi connectivity index (χ1n) is 6.36. The third-order valence-corrected chi connectivity index (χ3v) is 4.42. The highest BCUT2D eigenvalue weighted by atomic mass is 79.9. The van der Waals surface area contributed by atoms with E-state index in [4.69, 9.17) is 0 Å². The molecule has 1 aromatic carbocycles. The van der Waals surface area contributed by atoms with E-state index in [1.807, 2.05) is 6.07 Å². The molecule has 0 spiro atoms. The maximum Gasteiger partial charge on any atom is 0.137 e. The lowest BCUT2D eigenvalue weighted by Crippen LogP contribution is -2.27. The van der Waals surface area contributed by atoms with Gasteiger partial charge in [0.25, 0.3) is 0 Å². The fraction of sp³-hybridized carbons (Fsp3) is 0.571. The largest absolute Gasteiger partial charge is 0.306 e. The van der Waals surface area contributed by atoms with Gasteiger partial charge >= 0.3 is 0 Å². The predicted molar refractivity (Wildman–Crippen MR) is 76.0 cm³/mol. The molecule has 1 saturated heterocycles. The van der Waals surface area contributed by atoms with Crippen LogP contribution in [0.25, 0.3) is 0 Å². The van der Waals surface area contributed by atoms with Crippen LogP contribution in [0.1, 0.15) is 12.0 Å². The highest BCUT2D eigenvalue weighted by Gasteiger charge is 2.21. The Morgan fingerprint density at radius 1 is 1.50 bits per heavy atom. The Morgan fingerprint density at radius 2 is 2.28 bits per heavy atom. The molecule has 0 N–H and O–H groups in total. The molecule has 18 heavy (non-hydrogen) atoms. The fourth-order valence-electron chi connectivity index (χ4n) is 2.64. The van der Waals surface area contributed by atoms with Crippen LogP contribution in [-0.4, -0.2) is 43.5 Å². The standard InChI is InChI=1S/C14H20BrFN2/c1-17-7-6-11(8-17)9-18(2)10-12-4-3-5-13(16)14(12)15/h3-5,11H,6-10H2,1-2H3. The third kappa shape index (κ3) is 3.53. The first-order valence-corrected chi connectivity index (χ1v) is 7.15. The van der Waals surface area contributed by atoms with Crippen LogP contribution in [0.15, 0.2) is 22.7 Å². The van der Waals surface area contributed by atoms with E-state index >= 15 is 0 Å². The summed E-state index contributed by atoms with van der Waals surface area (Å²) in [4.78, 5) is 4.65. The molecule has 1 aromatic rings. The molecule has 1 aliphatic rings. The topological polar surface area (TPSA) is 6.48 Å². The fourth-order valence-corrected chi connectivity index (χ4v) is 3.03. The van der Waals surface area contributed by atoms with Gasteiger partial charge in [0.15, 0.2) is 0 Å². The van der Waals surface area contributed by atoms with Gasteiger partial charge in [0.2, 0.25) is 0 Å². The lowest BCUT2D eigenvalue weighted by molar-refractivity contribution is 0.266. The zero-order valence-electron chi connectivity index (χ0n) is 11.0. The SMILES string of the molecule is CN1CCC(CN(C)Cc2cccc(F)c2Br)C1. The Morgan fingerprint density at radius 3 is 2.94 bits per heavy atom. The van der Waals surface area contributed by atoms with Crippen LogP contribution < -0.4 is 0 Å². The predicted octanol–water partition coefficient (Wildman–Crippen LogP) is 2.97. The normalized spacial score (nSPS) is 20.8. The maximum atomic E-state index is 13.4. The van der Waals surface area contributed by atoms with E-state index in [0.717, 1.165) is 24.6 Å². The Kier molecular flexibility index (Phi) is 4.76. The Balaban J connectivity index is 1.90. The van der Waals surface area contributed by atoms with Crippen LogP contribution in [0.4, 0.5) is 4.39 Å². The molecule has 1 aliphatic heterocycles. The quantitative estimate of drug-likeness (QED) is 0.843. The summed E-state index contributed by atoms with van der Waals surface area (Å²) in [7, 11) is 4.28. The van der Waals surface area contributed by atoms with Gasteiger partial charge in [-0.25, -0.2) is 4.39 Å². The van der Waals surface area contributed by atoms with Crippen molar-refractivity contribution < 1.29 is 4.39 Å². The maximum absolute atomic E-state index is 13.4. The van der Waals surface area contributed by atoms with E-state index < -0.39 is 0 Å². The Bertz CT molecular complexity index is 411. The van der Waals surface area contributed by atoms with E-state index in [0.29, 0.717) is 4.47 Å². The average Bonchev–Trinajstić information content (AvgIpc) is 2.70. The van der Waals surface area contributed by atoms with Crippen molar-refractivity contribution in [1.82, 2.24) is 9.80 Å². The molecule has 0 aliphatic carbocycles. The number of nitrogens with zero attached hydrogens (tertiary/aromatic N) is 2. The lowest BCUT2D eigenvalue weighted by atomic mass is 10.1. The second kappa shape index (κ2) is 6.13. The Labute approximate surface area is 117 Å². The van der Waals surface area contributed by atoms with Gasteiger partial charge in [-0.1, -0.05) is 12.1 Å². The molecule has 0 saturated carbocycles. The molecular weight excluding hydrogens is 295 g/mol. The first-order chi connectivity index (χ1) is 8.56. The molecule has 1 heterocycles. The summed E-state index contributed by atoms with van der Waals surface area (Å²) < 4.78 is 14.0. The van der Waals surface area contributed by atoms with E-state index in [2.05, 4.69) is 39.8 Å². The van der Waals surface area contributed by atoms with Crippen LogP contribution in [0.2, 0.25) is 0 Å². The molecule has 1 unspecified atom stereocenters. The van der Waals surface area contributed by atoms with Gasteiger partial charge < -0.3 is 9.80 Å². The van der Waals surface area contributed by atoms with Crippen LogP contribution in [0, 0.1) is 11.7 Å². The minimum absolute atomic E-state index is 0.179. The second-order valence-corrected chi connectivity index (χ2v) is 6.12. The molecule has 100 valence electrons. The molecule has 1 atom stereocenters. The smallest absolute Gasteiger partial charge is 0.137 e. The van der Waals surface area contributed by atoms with Crippen LogP contribution in [0.3, 0.4) is 0 Å². The van der Waals surface area contributed by atoms with Gasteiger partial charge in [0, 0.05) is 19.6 Å². The van der Waals surface area contributed by atoms with Crippen molar-refractivity contribution in [3.8, 4) is 0 Å². The van der Waals surface area contributed by atoms with E-state index in [-0.39, 0.29) is 5.82 Å². The highest BCUT2D eigenvalue weighted by Crippen LogP contribution is 2.22. The van der Waals surface area contributed by atoms with Gasteiger partial charge in [0.05, 0.1) is 4.47 Å². The summed E-state index contributed by atoms with van der Waals surface area (Å²) in [6, 6.07) is 5.23. The van der Waals surface area contributed by atoms with E-state index in [1.165, 1.54) is 25.6 Å². The van der Waals surface area contributed by atoms with Crippen molar-refractivity contribution in [3.63, 3.8) is 0 Å². The van der Waals surface area contributed by atoms with Crippen molar-refractivity contribution in [2.24, 2.45) is 5.92 Å². The van der Waals surface area contributed by atoms with Gasteiger partial charge in [-0.3, -0.25) is 0 Å². The number of hydrogen-bond donors (Lipinski definition) is 0. The molecule has 0 aromatic heterocycles. The van der Waals surface area contributed by atoms with Crippen LogP contribution in [-0.2, 0) is 6.54 Å². The summed E-state index contributed by atoms with van der Waals surface area (Å²) >= 11 is 3.32. The lowest BCUT2D eigenvalue weighted by Gasteiger charge is -2.21. The van der Waals surface area contributed by atoms with Gasteiger partial charge in [-0.15, -0.1) is 0 Å². The molecule has 1 fully saturated rings. The number of halogens is 2. The van der Waals surface area contributed by atoms with E-state index in [9.17, 15) is 4.39 Å². The minimum Gasteiger partial charge on any atom is -0.306 e. The number of hydrogen-bond acceptors (Lipinski definition) is 2. The third-order valence-electron chi connectivity index (χ3n) is 3.53.